The Kier molecular flexibility index (Phi) is 7.51. The Morgan fingerprint density at radius 2 is 1.55 bits per heavy atom. The molecule has 3 amide bonds. The average molecular weight is 539 g/mol. The van der Waals surface area contributed by atoms with E-state index in [1.807, 2.05) is 68.3 Å². The molecule has 0 aliphatic carbocycles. The molecule has 0 spiro atoms. The molecule has 0 saturated heterocycles. The number of benzene rings is 3. The van der Waals surface area contributed by atoms with Crippen LogP contribution < -0.4 is 19.7 Å². The number of nitrogens with zero attached hydrogens (tertiary/aromatic N) is 3. The van der Waals surface area contributed by atoms with E-state index in [4.69, 9.17) is 9.47 Å². The van der Waals surface area contributed by atoms with Crippen LogP contribution in [0.2, 0.25) is 0 Å². The van der Waals surface area contributed by atoms with Gasteiger partial charge in [-0.3, -0.25) is 9.69 Å². The van der Waals surface area contributed by atoms with E-state index in [0.29, 0.717) is 17.2 Å². The van der Waals surface area contributed by atoms with Gasteiger partial charge in [-0.05, 0) is 50.6 Å². The second-order valence-electron chi connectivity index (χ2n) is 10.1. The molecule has 1 aromatic heterocycles. The first-order chi connectivity index (χ1) is 19.3. The Morgan fingerprint density at radius 3 is 2.17 bits per heavy atom. The number of aromatic nitrogens is 1. The van der Waals surface area contributed by atoms with Gasteiger partial charge in [0.2, 0.25) is 5.91 Å². The zero-order valence-electron chi connectivity index (χ0n) is 23.4. The SMILES string of the molecule is COc1cc(NC(=O)N(CC(=O)N2c3ccccc3-n3cccc3C2c2ccc(C)cc2)C(C)C)cc(OC)c1. The van der Waals surface area contributed by atoms with Gasteiger partial charge in [-0.25, -0.2) is 4.79 Å². The summed E-state index contributed by atoms with van der Waals surface area (Å²) < 4.78 is 12.8. The van der Waals surface area contributed by atoms with Gasteiger partial charge in [0.05, 0.1) is 31.3 Å². The predicted octanol–water partition coefficient (Wildman–Crippen LogP) is 6.18. The number of carbonyl (C=O) groups excluding carboxylic acids is 2. The van der Waals surface area contributed by atoms with Crippen LogP contribution in [0.15, 0.2) is 85.1 Å². The number of methoxy groups -OCH3 is 2. The molecule has 0 saturated carbocycles. The third-order valence-electron chi connectivity index (χ3n) is 7.17. The molecule has 1 atom stereocenters. The molecule has 5 rings (SSSR count). The van der Waals surface area contributed by atoms with E-state index in [-0.39, 0.29) is 30.6 Å². The van der Waals surface area contributed by atoms with Crippen molar-refractivity contribution in [2.45, 2.75) is 32.9 Å². The molecule has 0 bridgehead atoms. The number of anilines is 2. The zero-order chi connectivity index (χ0) is 28.4. The van der Waals surface area contributed by atoms with E-state index in [1.54, 1.807) is 32.4 Å². The van der Waals surface area contributed by atoms with E-state index >= 15 is 0 Å². The lowest BCUT2D eigenvalue weighted by molar-refractivity contribution is -0.119. The first-order valence-electron chi connectivity index (χ1n) is 13.3. The Bertz CT molecular complexity index is 1500. The van der Waals surface area contributed by atoms with Gasteiger partial charge in [0.1, 0.15) is 24.1 Å². The molecule has 0 fully saturated rings. The molecule has 1 aliphatic rings. The quantitative estimate of drug-likeness (QED) is 0.305. The number of hydrogen-bond donors (Lipinski definition) is 1. The van der Waals surface area contributed by atoms with Crippen molar-refractivity contribution in [3.8, 4) is 17.2 Å². The van der Waals surface area contributed by atoms with Crippen LogP contribution >= 0.6 is 0 Å². The standard InChI is InChI=1S/C32H34N4O4/c1-21(2)35(32(38)33-24-17-25(39-4)19-26(18-24)40-5)20-30(37)36-28-10-7-6-9-27(28)34-16-8-11-29(34)31(36)23-14-12-22(3)13-15-23/h6-19,21,31H,20H2,1-5H3,(H,33,38). The number of urea groups is 1. The van der Waals surface area contributed by atoms with Gasteiger partial charge in [-0.2, -0.15) is 0 Å². The molecule has 1 N–H and O–H groups in total. The highest BCUT2D eigenvalue weighted by Gasteiger charge is 2.37. The van der Waals surface area contributed by atoms with E-state index in [1.165, 1.54) is 4.90 Å². The number of para-hydroxylation sites is 2. The van der Waals surface area contributed by atoms with Crippen LogP contribution in [0, 0.1) is 6.92 Å². The molecule has 1 aliphatic heterocycles. The van der Waals surface area contributed by atoms with Crippen LogP contribution in [-0.2, 0) is 4.79 Å². The van der Waals surface area contributed by atoms with Crippen LogP contribution in [0.4, 0.5) is 16.2 Å². The fraction of sp³-hybridized carbons (Fsp3) is 0.250. The lowest BCUT2D eigenvalue weighted by Crippen LogP contribution is -2.49. The fourth-order valence-electron chi connectivity index (χ4n) is 5.11. The fourth-order valence-corrected chi connectivity index (χ4v) is 5.11. The van der Waals surface area contributed by atoms with Crippen LogP contribution in [0.25, 0.3) is 5.69 Å². The summed E-state index contributed by atoms with van der Waals surface area (Å²) in [6.45, 7) is 5.72. The van der Waals surface area contributed by atoms with Gasteiger partial charge >= 0.3 is 6.03 Å². The monoisotopic (exact) mass is 538 g/mol. The van der Waals surface area contributed by atoms with Crippen molar-refractivity contribution in [2.24, 2.45) is 0 Å². The maximum atomic E-state index is 14.3. The number of ether oxygens (including phenoxy) is 2. The Labute approximate surface area is 234 Å². The van der Waals surface area contributed by atoms with Gasteiger partial charge in [0.25, 0.3) is 0 Å². The van der Waals surface area contributed by atoms with E-state index in [9.17, 15) is 9.59 Å². The smallest absolute Gasteiger partial charge is 0.322 e. The average Bonchev–Trinajstić information content (AvgIpc) is 3.45. The third-order valence-corrected chi connectivity index (χ3v) is 7.17. The molecular formula is C32H34N4O4. The topological polar surface area (TPSA) is 76.0 Å². The number of aryl methyl sites for hydroxylation is 1. The number of nitrogens with one attached hydrogen (secondary N) is 1. The highest BCUT2D eigenvalue weighted by atomic mass is 16.5. The molecule has 40 heavy (non-hydrogen) atoms. The normalized spacial score (nSPS) is 13.8. The number of rotatable bonds is 7. The molecule has 8 heteroatoms. The maximum absolute atomic E-state index is 14.3. The second kappa shape index (κ2) is 11.2. The first-order valence-corrected chi connectivity index (χ1v) is 13.3. The zero-order valence-corrected chi connectivity index (χ0v) is 23.4. The minimum atomic E-state index is -0.390. The summed E-state index contributed by atoms with van der Waals surface area (Å²) in [6, 6.07) is 24.3. The van der Waals surface area contributed by atoms with Crippen LogP contribution in [0.5, 0.6) is 11.5 Å². The number of fused-ring (bicyclic) bond motifs is 3. The molecule has 1 unspecified atom stereocenters. The maximum Gasteiger partial charge on any atom is 0.322 e. The summed E-state index contributed by atoms with van der Waals surface area (Å²) in [4.78, 5) is 31.2. The minimum Gasteiger partial charge on any atom is -0.497 e. The van der Waals surface area contributed by atoms with Crippen LogP contribution in [0.1, 0.15) is 36.7 Å². The molecule has 3 aromatic carbocycles. The summed E-state index contributed by atoms with van der Waals surface area (Å²) in [5.74, 6) is 0.920. The van der Waals surface area contributed by atoms with Gasteiger partial charge in [-0.15, -0.1) is 0 Å². The Hall–Kier alpha value is -4.72. The summed E-state index contributed by atoms with van der Waals surface area (Å²) in [7, 11) is 3.10. The largest absolute Gasteiger partial charge is 0.497 e. The molecule has 8 nitrogen and oxygen atoms in total. The summed E-state index contributed by atoms with van der Waals surface area (Å²) in [5, 5.41) is 2.91. The molecule has 4 aromatic rings. The van der Waals surface area contributed by atoms with Crippen molar-refractivity contribution in [1.82, 2.24) is 9.47 Å². The molecular weight excluding hydrogens is 504 g/mol. The van der Waals surface area contributed by atoms with Gasteiger partial charge in [0.15, 0.2) is 0 Å². The Balaban J connectivity index is 1.49. The number of carbonyl (C=O) groups is 2. The van der Waals surface area contributed by atoms with Gasteiger partial charge in [-0.1, -0.05) is 42.0 Å². The lowest BCUT2D eigenvalue weighted by atomic mass is 9.97. The highest BCUT2D eigenvalue weighted by molar-refractivity contribution is 6.01. The molecule has 0 radical (unpaired) electrons. The van der Waals surface area contributed by atoms with Crippen molar-refractivity contribution < 1.29 is 19.1 Å². The summed E-state index contributed by atoms with van der Waals surface area (Å²) in [6.07, 6.45) is 2.02. The molecule has 2 heterocycles. The third kappa shape index (κ3) is 5.12. The second-order valence-corrected chi connectivity index (χ2v) is 10.1. The highest BCUT2D eigenvalue weighted by Crippen LogP contribution is 2.42. The molecule has 206 valence electrons. The minimum absolute atomic E-state index is 0.109. The van der Waals surface area contributed by atoms with E-state index in [2.05, 4.69) is 34.1 Å². The summed E-state index contributed by atoms with van der Waals surface area (Å²) >= 11 is 0. The van der Waals surface area contributed by atoms with Crippen molar-refractivity contribution in [3.05, 3.63) is 102 Å². The van der Waals surface area contributed by atoms with Gasteiger partial charge in [0, 0.05) is 36.1 Å². The lowest BCUT2D eigenvalue weighted by Gasteiger charge is -2.40. The van der Waals surface area contributed by atoms with Crippen molar-refractivity contribution in [3.63, 3.8) is 0 Å². The van der Waals surface area contributed by atoms with Crippen molar-refractivity contribution in [1.29, 1.82) is 0 Å². The Morgan fingerprint density at radius 1 is 0.900 bits per heavy atom. The first kappa shape index (κ1) is 26.9. The van der Waals surface area contributed by atoms with E-state index < -0.39 is 0 Å². The number of hydrogen-bond acceptors (Lipinski definition) is 4. The van der Waals surface area contributed by atoms with E-state index in [0.717, 1.165) is 28.2 Å². The summed E-state index contributed by atoms with van der Waals surface area (Å²) in [5.41, 5.74) is 5.35. The van der Waals surface area contributed by atoms with Crippen molar-refractivity contribution >= 4 is 23.3 Å². The van der Waals surface area contributed by atoms with Crippen molar-refractivity contribution in [2.75, 3.05) is 31.0 Å². The van der Waals surface area contributed by atoms with Crippen LogP contribution in [-0.4, -0.2) is 48.2 Å². The van der Waals surface area contributed by atoms with Crippen LogP contribution in [0.3, 0.4) is 0 Å². The van der Waals surface area contributed by atoms with Gasteiger partial charge < -0.3 is 24.3 Å². The number of amides is 3. The predicted molar refractivity (Wildman–Crippen MR) is 157 cm³/mol.